The van der Waals surface area contributed by atoms with E-state index in [1.54, 1.807) is 6.07 Å². The zero-order valence-corrected chi connectivity index (χ0v) is 8.99. The number of benzene rings is 1. The predicted octanol–water partition coefficient (Wildman–Crippen LogP) is 1.73. The van der Waals surface area contributed by atoms with Gasteiger partial charge in [-0.2, -0.15) is 0 Å². The van der Waals surface area contributed by atoms with Crippen molar-refractivity contribution in [1.82, 2.24) is 0 Å². The lowest BCUT2D eigenvalue weighted by molar-refractivity contribution is 0.165. The fourth-order valence-electron chi connectivity index (χ4n) is 1.73. The molecular formula is C12H15FO3. The van der Waals surface area contributed by atoms with E-state index in [-0.39, 0.29) is 12.4 Å². The van der Waals surface area contributed by atoms with E-state index < -0.39 is 0 Å². The van der Waals surface area contributed by atoms with Gasteiger partial charge in [-0.1, -0.05) is 0 Å². The SMILES string of the molecule is OCc1cc(F)ccc1OCC1CCOC1. The van der Waals surface area contributed by atoms with Crippen LogP contribution in [0.15, 0.2) is 18.2 Å². The van der Waals surface area contributed by atoms with Crippen molar-refractivity contribution in [2.24, 2.45) is 5.92 Å². The van der Waals surface area contributed by atoms with Gasteiger partial charge >= 0.3 is 0 Å². The summed E-state index contributed by atoms with van der Waals surface area (Å²) < 4.78 is 23.7. The molecule has 0 aromatic heterocycles. The smallest absolute Gasteiger partial charge is 0.125 e. The van der Waals surface area contributed by atoms with Crippen LogP contribution in [-0.2, 0) is 11.3 Å². The molecule has 1 heterocycles. The summed E-state index contributed by atoms with van der Waals surface area (Å²) >= 11 is 0. The van der Waals surface area contributed by atoms with Gasteiger partial charge in [-0.3, -0.25) is 0 Å². The van der Waals surface area contributed by atoms with Gasteiger partial charge in [0.25, 0.3) is 0 Å². The first kappa shape index (κ1) is 11.4. The summed E-state index contributed by atoms with van der Waals surface area (Å²) in [6.45, 7) is 1.84. The average Bonchev–Trinajstić information content (AvgIpc) is 2.80. The van der Waals surface area contributed by atoms with Crippen molar-refractivity contribution in [3.05, 3.63) is 29.6 Å². The molecule has 1 saturated heterocycles. The first-order valence-electron chi connectivity index (χ1n) is 5.39. The molecule has 1 aromatic rings. The molecule has 1 aliphatic rings. The molecule has 1 fully saturated rings. The molecule has 0 spiro atoms. The molecule has 0 aliphatic carbocycles. The Kier molecular flexibility index (Phi) is 3.74. The lowest BCUT2D eigenvalue weighted by Crippen LogP contribution is -2.12. The topological polar surface area (TPSA) is 38.7 Å². The molecule has 3 nitrogen and oxygen atoms in total. The van der Waals surface area contributed by atoms with Crippen molar-refractivity contribution in [1.29, 1.82) is 0 Å². The minimum atomic E-state index is -0.361. The van der Waals surface area contributed by atoms with E-state index in [9.17, 15) is 4.39 Å². The van der Waals surface area contributed by atoms with Crippen LogP contribution in [0.2, 0.25) is 0 Å². The number of rotatable bonds is 4. The maximum absolute atomic E-state index is 12.9. The molecule has 1 unspecified atom stereocenters. The van der Waals surface area contributed by atoms with Crippen molar-refractivity contribution >= 4 is 0 Å². The summed E-state index contributed by atoms with van der Waals surface area (Å²) in [6.07, 6.45) is 0.996. The Labute approximate surface area is 93.8 Å². The maximum Gasteiger partial charge on any atom is 0.125 e. The van der Waals surface area contributed by atoms with Crippen LogP contribution in [-0.4, -0.2) is 24.9 Å². The van der Waals surface area contributed by atoms with Gasteiger partial charge in [-0.15, -0.1) is 0 Å². The molecule has 0 bridgehead atoms. The number of aliphatic hydroxyl groups excluding tert-OH is 1. The summed E-state index contributed by atoms with van der Waals surface area (Å²) in [6, 6.07) is 4.18. The number of halogens is 1. The third kappa shape index (κ3) is 2.71. The third-order valence-electron chi connectivity index (χ3n) is 2.69. The van der Waals surface area contributed by atoms with E-state index in [2.05, 4.69) is 0 Å². The highest BCUT2D eigenvalue weighted by atomic mass is 19.1. The molecular weight excluding hydrogens is 211 g/mol. The second-order valence-electron chi connectivity index (χ2n) is 3.95. The van der Waals surface area contributed by atoms with Gasteiger partial charge in [0.2, 0.25) is 0 Å². The van der Waals surface area contributed by atoms with Gasteiger partial charge in [0, 0.05) is 18.1 Å². The van der Waals surface area contributed by atoms with Crippen LogP contribution in [0.1, 0.15) is 12.0 Å². The number of hydrogen-bond acceptors (Lipinski definition) is 3. The molecule has 1 aromatic carbocycles. The lowest BCUT2D eigenvalue weighted by atomic mass is 10.1. The molecule has 0 amide bonds. The average molecular weight is 226 g/mol. The molecule has 2 rings (SSSR count). The zero-order valence-electron chi connectivity index (χ0n) is 8.99. The first-order chi connectivity index (χ1) is 7.79. The summed E-state index contributed by atoms with van der Waals surface area (Å²) in [5.74, 6) is 0.591. The van der Waals surface area contributed by atoms with E-state index in [0.717, 1.165) is 19.6 Å². The van der Waals surface area contributed by atoms with Crippen LogP contribution in [0.4, 0.5) is 4.39 Å². The summed E-state index contributed by atoms with van der Waals surface area (Å²) in [7, 11) is 0. The fourth-order valence-corrected chi connectivity index (χ4v) is 1.73. The molecule has 88 valence electrons. The van der Waals surface area contributed by atoms with Crippen molar-refractivity contribution < 1.29 is 19.0 Å². The second kappa shape index (κ2) is 5.27. The van der Waals surface area contributed by atoms with Gasteiger partial charge < -0.3 is 14.6 Å². The molecule has 0 radical (unpaired) electrons. The minimum absolute atomic E-state index is 0.214. The predicted molar refractivity (Wildman–Crippen MR) is 56.7 cm³/mol. The van der Waals surface area contributed by atoms with E-state index in [4.69, 9.17) is 14.6 Å². The Morgan fingerprint density at radius 3 is 3.06 bits per heavy atom. The monoisotopic (exact) mass is 226 g/mol. The first-order valence-corrected chi connectivity index (χ1v) is 5.39. The molecule has 1 aliphatic heterocycles. The Morgan fingerprint density at radius 2 is 2.38 bits per heavy atom. The highest BCUT2D eigenvalue weighted by molar-refractivity contribution is 5.33. The summed E-state index contributed by atoms with van der Waals surface area (Å²) in [5, 5.41) is 9.06. The van der Waals surface area contributed by atoms with Gasteiger partial charge in [-0.05, 0) is 24.6 Å². The van der Waals surface area contributed by atoms with Gasteiger partial charge in [-0.25, -0.2) is 4.39 Å². The summed E-state index contributed by atoms with van der Waals surface area (Å²) in [5.41, 5.74) is 0.485. The lowest BCUT2D eigenvalue weighted by Gasteiger charge is -2.13. The van der Waals surface area contributed by atoms with Crippen molar-refractivity contribution in [2.75, 3.05) is 19.8 Å². The van der Waals surface area contributed by atoms with Crippen molar-refractivity contribution in [3.63, 3.8) is 0 Å². The van der Waals surface area contributed by atoms with E-state index in [1.165, 1.54) is 12.1 Å². The quantitative estimate of drug-likeness (QED) is 0.849. The molecule has 1 atom stereocenters. The Bertz CT molecular complexity index is 348. The van der Waals surface area contributed by atoms with Crippen LogP contribution < -0.4 is 4.74 Å². The zero-order chi connectivity index (χ0) is 11.4. The van der Waals surface area contributed by atoms with Gasteiger partial charge in [0.05, 0.1) is 19.8 Å². The molecule has 1 N–H and O–H groups in total. The van der Waals surface area contributed by atoms with Crippen molar-refractivity contribution in [2.45, 2.75) is 13.0 Å². The Hall–Kier alpha value is -1.13. The van der Waals surface area contributed by atoms with Gasteiger partial charge in [0.15, 0.2) is 0 Å². The highest BCUT2D eigenvalue weighted by Gasteiger charge is 2.16. The van der Waals surface area contributed by atoms with Crippen LogP contribution in [0.25, 0.3) is 0 Å². The fraction of sp³-hybridized carbons (Fsp3) is 0.500. The van der Waals surface area contributed by atoms with E-state index in [0.29, 0.717) is 23.8 Å². The standard InChI is InChI=1S/C12H15FO3/c13-11-1-2-12(10(5-11)6-14)16-8-9-3-4-15-7-9/h1-2,5,9,14H,3-4,6-8H2. The third-order valence-corrected chi connectivity index (χ3v) is 2.69. The van der Waals surface area contributed by atoms with Crippen LogP contribution in [0, 0.1) is 11.7 Å². The number of aliphatic hydroxyl groups is 1. The Balaban J connectivity index is 1.97. The van der Waals surface area contributed by atoms with Crippen LogP contribution in [0.3, 0.4) is 0 Å². The minimum Gasteiger partial charge on any atom is -0.493 e. The highest BCUT2D eigenvalue weighted by Crippen LogP contribution is 2.21. The van der Waals surface area contributed by atoms with Crippen molar-refractivity contribution in [3.8, 4) is 5.75 Å². The van der Waals surface area contributed by atoms with Gasteiger partial charge in [0.1, 0.15) is 11.6 Å². The molecule has 16 heavy (non-hydrogen) atoms. The summed E-state index contributed by atoms with van der Waals surface area (Å²) in [4.78, 5) is 0. The van der Waals surface area contributed by atoms with E-state index >= 15 is 0 Å². The normalized spacial score (nSPS) is 20.0. The molecule has 4 heteroatoms. The maximum atomic E-state index is 12.9. The Morgan fingerprint density at radius 1 is 1.50 bits per heavy atom. The number of ether oxygens (including phenoxy) is 2. The second-order valence-corrected chi connectivity index (χ2v) is 3.95. The van der Waals surface area contributed by atoms with E-state index in [1.807, 2.05) is 0 Å². The van der Waals surface area contributed by atoms with Crippen LogP contribution >= 0.6 is 0 Å². The number of hydrogen-bond donors (Lipinski definition) is 1. The van der Waals surface area contributed by atoms with Crippen LogP contribution in [0.5, 0.6) is 5.75 Å². The largest absolute Gasteiger partial charge is 0.493 e. The molecule has 0 saturated carbocycles.